The first kappa shape index (κ1) is 20.3. The molecule has 1 aliphatic rings. The highest BCUT2D eigenvalue weighted by Crippen LogP contribution is 2.21. The Hall–Kier alpha value is -2.48. The first-order valence-electron chi connectivity index (χ1n) is 9.53. The third-order valence-corrected chi connectivity index (χ3v) is 4.91. The zero-order chi connectivity index (χ0) is 19.8. The molecule has 1 aromatic carbocycles. The van der Waals surface area contributed by atoms with Gasteiger partial charge in [0.25, 0.3) is 11.5 Å². The number of nitrogens with one attached hydrogen (secondary N) is 1. The lowest BCUT2D eigenvalue weighted by molar-refractivity contribution is 0.0162. The second-order valence-electron chi connectivity index (χ2n) is 6.73. The number of hydrogen-bond acceptors (Lipinski definition) is 5. The van der Waals surface area contributed by atoms with Crippen LogP contribution in [-0.2, 0) is 16.0 Å². The van der Waals surface area contributed by atoms with Crippen molar-refractivity contribution >= 4 is 5.91 Å². The molecule has 150 valence electrons. The molecule has 1 aliphatic heterocycles. The highest BCUT2D eigenvalue weighted by atomic mass is 16.5. The van der Waals surface area contributed by atoms with E-state index in [0.29, 0.717) is 38.5 Å². The van der Waals surface area contributed by atoms with Gasteiger partial charge in [-0.25, -0.2) is 0 Å². The van der Waals surface area contributed by atoms with E-state index in [1.807, 2.05) is 18.2 Å². The summed E-state index contributed by atoms with van der Waals surface area (Å²) in [6, 6.07) is 13.2. The fourth-order valence-corrected chi connectivity index (χ4v) is 3.34. The van der Waals surface area contributed by atoms with Crippen LogP contribution in [0.1, 0.15) is 22.0 Å². The number of amides is 1. The van der Waals surface area contributed by atoms with Crippen LogP contribution in [0, 0.1) is 0 Å². The largest absolute Gasteiger partial charge is 0.383 e. The number of aromatic nitrogens is 1. The molecule has 3 rings (SSSR count). The fourth-order valence-electron chi connectivity index (χ4n) is 3.34. The van der Waals surface area contributed by atoms with E-state index in [0.717, 1.165) is 18.7 Å². The van der Waals surface area contributed by atoms with E-state index in [9.17, 15) is 9.59 Å². The minimum atomic E-state index is -0.194. The van der Waals surface area contributed by atoms with Crippen molar-refractivity contribution in [1.29, 1.82) is 0 Å². The lowest BCUT2D eigenvalue weighted by atomic mass is 10.0. The molecule has 2 heterocycles. The summed E-state index contributed by atoms with van der Waals surface area (Å²) in [4.78, 5) is 26.9. The van der Waals surface area contributed by atoms with Crippen LogP contribution in [0.5, 0.6) is 0 Å². The van der Waals surface area contributed by atoms with Crippen molar-refractivity contribution in [3.8, 4) is 0 Å². The summed E-state index contributed by atoms with van der Waals surface area (Å²) in [5, 5.41) is 3.03. The van der Waals surface area contributed by atoms with Gasteiger partial charge in [0.1, 0.15) is 0 Å². The van der Waals surface area contributed by atoms with Crippen LogP contribution in [0.25, 0.3) is 0 Å². The van der Waals surface area contributed by atoms with Gasteiger partial charge in [0.05, 0.1) is 31.4 Å². The van der Waals surface area contributed by atoms with Crippen molar-refractivity contribution < 1.29 is 14.3 Å². The van der Waals surface area contributed by atoms with Gasteiger partial charge in [-0.05, 0) is 11.6 Å². The maximum Gasteiger partial charge on any atom is 0.252 e. The number of ether oxygens (including phenoxy) is 2. The monoisotopic (exact) mass is 385 g/mol. The van der Waals surface area contributed by atoms with Gasteiger partial charge < -0.3 is 19.4 Å². The highest BCUT2D eigenvalue weighted by molar-refractivity contribution is 5.93. The van der Waals surface area contributed by atoms with E-state index in [2.05, 4.69) is 22.3 Å². The van der Waals surface area contributed by atoms with Gasteiger partial charge in [0.2, 0.25) is 0 Å². The number of methoxy groups -OCH3 is 1. The molecule has 1 amide bonds. The minimum Gasteiger partial charge on any atom is -0.383 e. The van der Waals surface area contributed by atoms with Crippen LogP contribution >= 0.6 is 0 Å². The highest BCUT2D eigenvalue weighted by Gasteiger charge is 2.23. The molecule has 0 aliphatic carbocycles. The predicted octanol–water partition coefficient (Wildman–Crippen LogP) is 1.30. The number of carbonyl (C=O) groups is 1. The number of rotatable bonds is 8. The molecule has 1 atom stereocenters. The zero-order valence-electron chi connectivity index (χ0n) is 16.2. The molecule has 1 N–H and O–H groups in total. The summed E-state index contributed by atoms with van der Waals surface area (Å²) < 4.78 is 12.0. The van der Waals surface area contributed by atoms with Crippen molar-refractivity contribution in [3.05, 3.63) is 70.1 Å². The fraction of sp³-hybridized carbons (Fsp3) is 0.429. The lowest BCUT2D eigenvalue weighted by Gasteiger charge is -2.35. The first-order chi connectivity index (χ1) is 13.7. The zero-order valence-corrected chi connectivity index (χ0v) is 16.2. The number of morpholine rings is 1. The lowest BCUT2D eigenvalue weighted by Crippen LogP contribution is -2.43. The molecule has 1 aromatic heterocycles. The molecule has 1 fully saturated rings. The molecule has 0 radical (unpaired) electrons. The second-order valence-corrected chi connectivity index (χ2v) is 6.73. The van der Waals surface area contributed by atoms with E-state index in [4.69, 9.17) is 9.47 Å². The number of nitrogens with zero attached hydrogens (tertiary/aromatic N) is 2. The first-order valence-corrected chi connectivity index (χ1v) is 9.53. The second kappa shape index (κ2) is 10.2. The number of pyridine rings is 1. The van der Waals surface area contributed by atoms with E-state index >= 15 is 0 Å². The van der Waals surface area contributed by atoms with Crippen molar-refractivity contribution in [2.75, 3.05) is 46.6 Å². The summed E-state index contributed by atoms with van der Waals surface area (Å²) >= 11 is 0. The van der Waals surface area contributed by atoms with Gasteiger partial charge in [0.15, 0.2) is 0 Å². The van der Waals surface area contributed by atoms with Crippen LogP contribution in [0.15, 0.2) is 53.5 Å². The SMILES string of the molecule is COCCn1cc(C(=O)NCC(c2ccccc2)N2CCOCC2)ccc1=O. The van der Waals surface area contributed by atoms with E-state index in [-0.39, 0.29) is 17.5 Å². The van der Waals surface area contributed by atoms with Crippen LogP contribution < -0.4 is 10.9 Å². The Kier molecular flexibility index (Phi) is 7.36. The number of hydrogen-bond donors (Lipinski definition) is 1. The number of benzene rings is 1. The molecule has 2 aromatic rings. The van der Waals surface area contributed by atoms with Gasteiger partial charge in [-0.1, -0.05) is 30.3 Å². The quantitative estimate of drug-likeness (QED) is 0.742. The molecular weight excluding hydrogens is 358 g/mol. The Balaban J connectivity index is 1.70. The third-order valence-electron chi connectivity index (χ3n) is 4.91. The predicted molar refractivity (Wildman–Crippen MR) is 106 cm³/mol. The Morgan fingerprint density at radius 2 is 1.93 bits per heavy atom. The van der Waals surface area contributed by atoms with E-state index in [1.54, 1.807) is 19.4 Å². The summed E-state index contributed by atoms with van der Waals surface area (Å²) in [6.07, 6.45) is 1.59. The Bertz CT molecular complexity index is 816. The van der Waals surface area contributed by atoms with Crippen molar-refractivity contribution in [3.63, 3.8) is 0 Å². The van der Waals surface area contributed by atoms with Gasteiger partial charge in [-0.2, -0.15) is 0 Å². The molecule has 7 heteroatoms. The molecule has 0 bridgehead atoms. The Morgan fingerprint density at radius 1 is 1.18 bits per heavy atom. The molecule has 1 saturated heterocycles. The summed E-state index contributed by atoms with van der Waals surface area (Å²) in [6.45, 7) is 4.37. The average molecular weight is 385 g/mol. The van der Waals surface area contributed by atoms with Crippen LogP contribution in [0.2, 0.25) is 0 Å². The van der Waals surface area contributed by atoms with Crippen molar-refractivity contribution in [2.24, 2.45) is 0 Å². The molecule has 1 unspecified atom stereocenters. The van der Waals surface area contributed by atoms with Crippen LogP contribution in [0.4, 0.5) is 0 Å². The molecule has 0 spiro atoms. The molecule has 0 saturated carbocycles. The topological polar surface area (TPSA) is 72.8 Å². The maximum atomic E-state index is 12.7. The Labute approximate surface area is 164 Å². The van der Waals surface area contributed by atoms with E-state index in [1.165, 1.54) is 10.6 Å². The smallest absolute Gasteiger partial charge is 0.252 e. The van der Waals surface area contributed by atoms with Crippen LogP contribution in [0.3, 0.4) is 0 Å². The van der Waals surface area contributed by atoms with Crippen LogP contribution in [-0.4, -0.2) is 61.9 Å². The summed E-state index contributed by atoms with van der Waals surface area (Å²) in [5.41, 5.74) is 1.48. The Morgan fingerprint density at radius 3 is 2.64 bits per heavy atom. The standard InChI is InChI=1S/C21H27N3O4/c1-27-12-9-24-16-18(7-8-20(24)25)21(26)22-15-19(17-5-3-2-4-6-17)23-10-13-28-14-11-23/h2-8,16,19H,9-15H2,1H3,(H,22,26). The normalized spacial score (nSPS) is 15.9. The third kappa shape index (κ3) is 5.28. The summed E-state index contributed by atoms with van der Waals surface area (Å²) in [5.74, 6) is -0.194. The summed E-state index contributed by atoms with van der Waals surface area (Å²) in [7, 11) is 1.58. The maximum absolute atomic E-state index is 12.7. The average Bonchev–Trinajstić information content (AvgIpc) is 2.74. The molecular formula is C21H27N3O4. The van der Waals surface area contributed by atoms with Crippen molar-refractivity contribution in [1.82, 2.24) is 14.8 Å². The van der Waals surface area contributed by atoms with Gasteiger partial charge >= 0.3 is 0 Å². The molecule has 28 heavy (non-hydrogen) atoms. The number of carbonyl (C=O) groups excluding carboxylic acids is 1. The van der Waals surface area contributed by atoms with Gasteiger partial charge in [-0.3, -0.25) is 14.5 Å². The van der Waals surface area contributed by atoms with E-state index < -0.39 is 0 Å². The minimum absolute atomic E-state index is 0.0773. The van der Waals surface area contributed by atoms with Gasteiger partial charge in [0, 0.05) is 45.6 Å². The van der Waals surface area contributed by atoms with Gasteiger partial charge in [-0.15, -0.1) is 0 Å². The van der Waals surface area contributed by atoms with Crippen molar-refractivity contribution in [2.45, 2.75) is 12.6 Å². The molecule has 7 nitrogen and oxygen atoms in total.